The molecule has 106 valence electrons. The number of piperidine rings is 1. The van der Waals surface area contributed by atoms with E-state index in [1.54, 1.807) is 0 Å². The Morgan fingerprint density at radius 1 is 1.00 bits per heavy atom. The SMILES string of the molecule is c1cc2nc(C3CCCC3)[nH]c2cc1C1CCCCN1. The highest BCUT2D eigenvalue weighted by molar-refractivity contribution is 5.76. The third-order valence-corrected chi connectivity index (χ3v) is 4.98. The van der Waals surface area contributed by atoms with E-state index < -0.39 is 0 Å². The molecule has 4 rings (SSSR count). The van der Waals surface area contributed by atoms with Crippen molar-refractivity contribution in [3.63, 3.8) is 0 Å². The summed E-state index contributed by atoms with van der Waals surface area (Å²) >= 11 is 0. The van der Waals surface area contributed by atoms with Crippen LogP contribution in [0.25, 0.3) is 11.0 Å². The van der Waals surface area contributed by atoms with Crippen molar-refractivity contribution in [1.82, 2.24) is 15.3 Å². The zero-order valence-electron chi connectivity index (χ0n) is 12.0. The first-order chi connectivity index (χ1) is 9.90. The minimum Gasteiger partial charge on any atom is -0.342 e. The summed E-state index contributed by atoms with van der Waals surface area (Å²) in [6.45, 7) is 1.15. The number of nitrogens with one attached hydrogen (secondary N) is 2. The lowest BCUT2D eigenvalue weighted by Crippen LogP contribution is -2.26. The van der Waals surface area contributed by atoms with Gasteiger partial charge in [0.25, 0.3) is 0 Å². The number of hydrogen-bond donors (Lipinski definition) is 2. The van der Waals surface area contributed by atoms with Crippen LogP contribution in [-0.4, -0.2) is 16.5 Å². The zero-order chi connectivity index (χ0) is 13.4. The fraction of sp³-hybridized carbons (Fsp3) is 0.588. The van der Waals surface area contributed by atoms with E-state index in [4.69, 9.17) is 4.98 Å². The van der Waals surface area contributed by atoms with Crippen LogP contribution in [0.3, 0.4) is 0 Å². The fourth-order valence-electron chi connectivity index (χ4n) is 3.79. The molecule has 1 aromatic carbocycles. The maximum Gasteiger partial charge on any atom is 0.110 e. The highest BCUT2D eigenvalue weighted by Crippen LogP contribution is 2.34. The molecule has 0 spiro atoms. The highest BCUT2D eigenvalue weighted by Gasteiger charge is 2.21. The number of H-pyrrole nitrogens is 1. The van der Waals surface area contributed by atoms with E-state index in [1.807, 2.05) is 0 Å². The lowest BCUT2D eigenvalue weighted by Gasteiger charge is -2.23. The van der Waals surface area contributed by atoms with E-state index in [0.29, 0.717) is 12.0 Å². The van der Waals surface area contributed by atoms with Gasteiger partial charge in [0, 0.05) is 12.0 Å². The van der Waals surface area contributed by atoms with Gasteiger partial charge in [-0.1, -0.05) is 25.3 Å². The predicted molar refractivity (Wildman–Crippen MR) is 81.9 cm³/mol. The molecular weight excluding hydrogens is 246 g/mol. The van der Waals surface area contributed by atoms with Crippen molar-refractivity contribution in [2.45, 2.75) is 56.9 Å². The Bertz CT molecular complexity index is 589. The molecule has 0 radical (unpaired) electrons. The molecule has 1 aliphatic heterocycles. The summed E-state index contributed by atoms with van der Waals surface area (Å²) in [5.74, 6) is 1.88. The normalized spacial score (nSPS) is 24.5. The van der Waals surface area contributed by atoms with E-state index >= 15 is 0 Å². The molecule has 1 atom stereocenters. The molecule has 1 unspecified atom stereocenters. The monoisotopic (exact) mass is 269 g/mol. The van der Waals surface area contributed by atoms with Crippen LogP contribution in [0.5, 0.6) is 0 Å². The summed E-state index contributed by atoms with van der Waals surface area (Å²) in [5.41, 5.74) is 3.77. The molecule has 2 fully saturated rings. The van der Waals surface area contributed by atoms with Crippen LogP contribution in [0.4, 0.5) is 0 Å². The molecule has 2 heterocycles. The van der Waals surface area contributed by atoms with E-state index in [1.165, 1.54) is 61.9 Å². The minimum atomic E-state index is 0.534. The van der Waals surface area contributed by atoms with E-state index in [0.717, 1.165) is 12.1 Å². The first-order valence-electron chi connectivity index (χ1n) is 8.13. The third-order valence-electron chi connectivity index (χ3n) is 4.98. The van der Waals surface area contributed by atoms with Crippen molar-refractivity contribution in [2.24, 2.45) is 0 Å². The van der Waals surface area contributed by atoms with Crippen molar-refractivity contribution in [3.8, 4) is 0 Å². The van der Waals surface area contributed by atoms with Gasteiger partial charge < -0.3 is 10.3 Å². The van der Waals surface area contributed by atoms with E-state index in [2.05, 4.69) is 28.5 Å². The van der Waals surface area contributed by atoms with Gasteiger partial charge in [-0.3, -0.25) is 0 Å². The molecule has 1 saturated heterocycles. The number of aromatic amines is 1. The average molecular weight is 269 g/mol. The van der Waals surface area contributed by atoms with Crippen molar-refractivity contribution in [1.29, 1.82) is 0 Å². The second-order valence-corrected chi connectivity index (χ2v) is 6.38. The van der Waals surface area contributed by atoms with Crippen molar-refractivity contribution >= 4 is 11.0 Å². The average Bonchev–Trinajstić information content (AvgIpc) is 3.16. The van der Waals surface area contributed by atoms with Crippen LogP contribution in [0.1, 0.15) is 68.3 Å². The number of benzene rings is 1. The summed E-state index contributed by atoms with van der Waals surface area (Å²) in [4.78, 5) is 8.38. The molecule has 0 amide bonds. The van der Waals surface area contributed by atoms with Crippen molar-refractivity contribution in [2.75, 3.05) is 6.54 Å². The second kappa shape index (κ2) is 5.21. The molecule has 1 aromatic heterocycles. The summed E-state index contributed by atoms with van der Waals surface area (Å²) < 4.78 is 0. The summed E-state index contributed by atoms with van der Waals surface area (Å²) in [7, 11) is 0. The smallest absolute Gasteiger partial charge is 0.110 e. The molecule has 2 aliphatic rings. The second-order valence-electron chi connectivity index (χ2n) is 6.38. The molecule has 0 bridgehead atoms. The van der Waals surface area contributed by atoms with E-state index in [-0.39, 0.29) is 0 Å². The molecule has 20 heavy (non-hydrogen) atoms. The third kappa shape index (κ3) is 2.24. The van der Waals surface area contributed by atoms with E-state index in [9.17, 15) is 0 Å². The summed E-state index contributed by atoms with van der Waals surface area (Å²) in [6.07, 6.45) is 9.24. The van der Waals surface area contributed by atoms with Crippen LogP contribution >= 0.6 is 0 Å². The number of rotatable bonds is 2. The topological polar surface area (TPSA) is 40.7 Å². The highest BCUT2D eigenvalue weighted by atomic mass is 14.9. The number of nitrogens with zero attached hydrogens (tertiary/aromatic N) is 1. The quantitative estimate of drug-likeness (QED) is 0.864. The Morgan fingerprint density at radius 2 is 1.85 bits per heavy atom. The minimum absolute atomic E-state index is 0.534. The first-order valence-corrected chi connectivity index (χ1v) is 8.13. The van der Waals surface area contributed by atoms with Gasteiger partial charge in [-0.05, 0) is 49.9 Å². The molecule has 3 nitrogen and oxygen atoms in total. The van der Waals surface area contributed by atoms with Gasteiger partial charge in [0.05, 0.1) is 11.0 Å². The molecular formula is C17H23N3. The van der Waals surface area contributed by atoms with Crippen molar-refractivity contribution in [3.05, 3.63) is 29.6 Å². The number of fused-ring (bicyclic) bond motifs is 1. The van der Waals surface area contributed by atoms with Gasteiger partial charge >= 0.3 is 0 Å². The lowest BCUT2D eigenvalue weighted by molar-refractivity contribution is 0.412. The predicted octanol–water partition coefficient (Wildman–Crippen LogP) is 4.04. The molecule has 3 heteroatoms. The Hall–Kier alpha value is -1.35. The van der Waals surface area contributed by atoms with Crippen molar-refractivity contribution < 1.29 is 0 Å². The van der Waals surface area contributed by atoms with Gasteiger partial charge in [-0.25, -0.2) is 4.98 Å². The molecule has 1 saturated carbocycles. The van der Waals surface area contributed by atoms with Crippen LogP contribution in [-0.2, 0) is 0 Å². The van der Waals surface area contributed by atoms with Gasteiger partial charge in [0.2, 0.25) is 0 Å². The summed E-state index contributed by atoms with van der Waals surface area (Å²) in [5, 5.41) is 3.63. The first kappa shape index (κ1) is 12.4. The molecule has 2 N–H and O–H groups in total. The Kier molecular flexibility index (Phi) is 3.23. The maximum absolute atomic E-state index is 4.81. The maximum atomic E-state index is 4.81. The van der Waals surface area contributed by atoms with Gasteiger partial charge in [-0.2, -0.15) is 0 Å². The zero-order valence-corrected chi connectivity index (χ0v) is 12.0. The largest absolute Gasteiger partial charge is 0.342 e. The van der Waals surface area contributed by atoms with Crippen LogP contribution in [0, 0.1) is 0 Å². The molecule has 2 aromatic rings. The number of imidazole rings is 1. The van der Waals surface area contributed by atoms with Crippen LogP contribution in [0.15, 0.2) is 18.2 Å². The number of aromatic nitrogens is 2. The Labute approximate surface area is 120 Å². The van der Waals surface area contributed by atoms with Crippen LogP contribution in [0.2, 0.25) is 0 Å². The number of hydrogen-bond acceptors (Lipinski definition) is 2. The standard InChI is InChI=1S/C17H23N3/c1-2-6-12(5-1)17-19-15-9-8-13(11-16(15)20-17)14-7-3-4-10-18-14/h8-9,11-12,14,18H,1-7,10H2,(H,19,20). The van der Waals surface area contributed by atoms with Crippen LogP contribution < -0.4 is 5.32 Å². The fourth-order valence-corrected chi connectivity index (χ4v) is 3.79. The Morgan fingerprint density at radius 3 is 2.65 bits per heavy atom. The summed E-state index contributed by atoms with van der Waals surface area (Å²) in [6, 6.07) is 7.29. The van der Waals surface area contributed by atoms with Gasteiger partial charge in [0.1, 0.15) is 5.82 Å². The molecule has 1 aliphatic carbocycles. The van der Waals surface area contributed by atoms with Gasteiger partial charge in [0.15, 0.2) is 0 Å². The Balaban J connectivity index is 1.64. The lowest BCUT2D eigenvalue weighted by atomic mass is 9.97. The van der Waals surface area contributed by atoms with Gasteiger partial charge in [-0.15, -0.1) is 0 Å².